The molecule has 0 aromatic heterocycles. The van der Waals surface area contributed by atoms with E-state index in [1.807, 2.05) is 20.8 Å². The molecule has 0 aliphatic carbocycles. The SMILES string of the molecule is C[C@H]1N(S(=O)(=O)c2ccc([N+](=O)[O-])cc2)C1(C)C. The number of nitro groups is 1. The normalized spacial score (nSPS) is 25.7. The lowest BCUT2D eigenvalue weighted by molar-refractivity contribution is -0.384. The Morgan fingerprint density at radius 2 is 1.72 bits per heavy atom. The zero-order chi connectivity index (χ0) is 13.7. The van der Waals surface area contributed by atoms with Crippen LogP contribution in [0.1, 0.15) is 20.8 Å². The molecular formula is C11H14N2O4S. The van der Waals surface area contributed by atoms with E-state index in [4.69, 9.17) is 0 Å². The fourth-order valence-corrected chi connectivity index (χ4v) is 4.12. The van der Waals surface area contributed by atoms with Crippen LogP contribution in [-0.4, -0.2) is 29.2 Å². The Morgan fingerprint density at radius 3 is 2.06 bits per heavy atom. The van der Waals surface area contributed by atoms with Gasteiger partial charge in [0.15, 0.2) is 0 Å². The first-order valence-electron chi connectivity index (χ1n) is 5.48. The van der Waals surface area contributed by atoms with Gasteiger partial charge in [-0.2, -0.15) is 4.31 Å². The lowest BCUT2D eigenvalue weighted by atomic mass is 10.2. The summed E-state index contributed by atoms with van der Waals surface area (Å²) >= 11 is 0. The Morgan fingerprint density at radius 1 is 1.28 bits per heavy atom. The van der Waals surface area contributed by atoms with Gasteiger partial charge in [0, 0.05) is 23.7 Å². The molecule has 1 fully saturated rings. The third-order valence-corrected chi connectivity index (χ3v) is 5.65. The van der Waals surface area contributed by atoms with Crippen LogP contribution < -0.4 is 0 Å². The van der Waals surface area contributed by atoms with E-state index in [-0.39, 0.29) is 22.2 Å². The molecule has 98 valence electrons. The Bertz CT molecular complexity index is 592. The zero-order valence-corrected chi connectivity index (χ0v) is 11.1. The van der Waals surface area contributed by atoms with Crippen LogP contribution in [0.15, 0.2) is 29.2 Å². The summed E-state index contributed by atoms with van der Waals surface area (Å²) in [4.78, 5) is 10.0. The Balaban J connectivity index is 2.35. The number of rotatable bonds is 3. The maximum absolute atomic E-state index is 12.3. The van der Waals surface area contributed by atoms with Gasteiger partial charge in [0.05, 0.1) is 9.82 Å². The minimum atomic E-state index is -3.55. The Hall–Kier alpha value is -1.47. The van der Waals surface area contributed by atoms with Crippen molar-refractivity contribution in [1.82, 2.24) is 4.31 Å². The monoisotopic (exact) mass is 270 g/mol. The molecule has 1 saturated heterocycles. The molecule has 1 unspecified atom stereocenters. The van der Waals surface area contributed by atoms with Crippen molar-refractivity contribution in [2.24, 2.45) is 0 Å². The van der Waals surface area contributed by atoms with E-state index in [0.717, 1.165) is 0 Å². The first-order chi connectivity index (χ1) is 8.19. The van der Waals surface area contributed by atoms with Crippen molar-refractivity contribution in [3.05, 3.63) is 34.4 Å². The predicted octanol–water partition coefficient (Wildman–Crippen LogP) is 1.77. The van der Waals surface area contributed by atoms with Gasteiger partial charge in [0.2, 0.25) is 10.0 Å². The lowest BCUT2D eigenvalue weighted by Gasteiger charge is -2.08. The van der Waals surface area contributed by atoms with Gasteiger partial charge >= 0.3 is 0 Å². The molecular weight excluding hydrogens is 256 g/mol. The third-order valence-electron chi connectivity index (χ3n) is 3.48. The average molecular weight is 270 g/mol. The second-order valence-corrected chi connectivity index (χ2v) is 6.70. The minimum absolute atomic E-state index is 0.0577. The van der Waals surface area contributed by atoms with Crippen molar-refractivity contribution in [3.8, 4) is 0 Å². The van der Waals surface area contributed by atoms with Crippen LogP contribution in [0.25, 0.3) is 0 Å². The van der Waals surface area contributed by atoms with Crippen molar-refractivity contribution >= 4 is 15.7 Å². The molecule has 18 heavy (non-hydrogen) atoms. The number of benzene rings is 1. The lowest BCUT2D eigenvalue weighted by Crippen LogP contribution is -2.18. The third kappa shape index (κ3) is 1.79. The van der Waals surface area contributed by atoms with Crippen LogP contribution in [0.4, 0.5) is 5.69 Å². The van der Waals surface area contributed by atoms with Crippen LogP contribution in [0.5, 0.6) is 0 Å². The predicted molar refractivity (Wildman–Crippen MR) is 65.7 cm³/mol. The molecule has 1 aromatic carbocycles. The number of nitro benzene ring substituents is 1. The maximum Gasteiger partial charge on any atom is 0.269 e. The molecule has 0 saturated carbocycles. The minimum Gasteiger partial charge on any atom is -0.258 e. The number of hydrogen-bond acceptors (Lipinski definition) is 4. The molecule has 0 amide bonds. The molecule has 2 atom stereocenters. The van der Waals surface area contributed by atoms with E-state index in [0.29, 0.717) is 0 Å². The van der Waals surface area contributed by atoms with Crippen LogP contribution >= 0.6 is 0 Å². The van der Waals surface area contributed by atoms with Crippen molar-refractivity contribution < 1.29 is 13.3 Å². The van der Waals surface area contributed by atoms with E-state index < -0.39 is 14.9 Å². The van der Waals surface area contributed by atoms with Gasteiger partial charge in [-0.05, 0) is 32.9 Å². The highest BCUT2D eigenvalue weighted by atomic mass is 32.2. The summed E-state index contributed by atoms with van der Waals surface area (Å²) in [6.45, 7) is 5.53. The second kappa shape index (κ2) is 3.76. The molecule has 1 heterocycles. The topological polar surface area (TPSA) is 80.3 Å². The molecule has 7 heteroatoms. The van der Waals surface area contributed by atoms with Crippen molar-refractivity contribution in [3.63, 3.8) is 0 Å². The van der Waals surface area contributed by atoms with Crippen molar-refractivity contribution in [2.45, 2.75) is 37.2 Å². The van der Waals surface area contributed by atoms with Crippen LogP contribution in [0.2, 0.25) is 0 Å². The quantitative estimate of drug-likeness (QED) is 0.476. The first-order valence-corrected chi connectivity index (χ1v) is 6.92. The second-order valence-electron chi connectivity index (χ2n) is 4.88. The first kappa shape index (κ1) is 13.0. The summed E-state index contributed by atoms with van der Waals surface area (Å²) in [5, 5.41) is 10.5. The van der Waals surface area contributed by atoms with Gasteiger partial charge in [0.25, 0.3) is 5.69 Å². The fourth-order valence-electron chi connectivity index (χ4n) is 2.01. The average Bonchev–Trinajstić information content (AvgIpc) is 2.79. The molecule has 1 aromatic rings. The van der Waals surface area contributed by atoms with E-state index in [1.165, 1.54) is 28.6 Å². The van der Waals surface area contributed by atoms with Gasteiger partial charge < -0.3 is 0 Å². The van der Waals surface area contributed by atoms with Gasteiger partial charge in [0.1, 0.15) is 0 Å². The molecule has 0 radical (unpaired) electrons. The molecule has 2 rings (SSSR count). The highest BCUT2D eigenvalue weighted by molar-refractivity contribution is 7.89. The summed E-state index contributed by atoms with van der Waals surface area (Å²) in [6.07, 6.45) is 0. The smallest absolute Gasteiger partial charge is 0.258 e. The largest absolute Gasteiger partial charge is 0.269 e. The summed E-state index contributed by atoms with van der Waals surface area (Å²) < 4.78 is 25.9. The number of non-ortho nitro benzene ring substituents is 1. The molecule has 1 aliphatic rings. The van der Waals surface area contributed by atoms with Crippen LogP contribution in [0, 0.1) is 10.1 Å². The molecule has 0 bridgehead atoms. The summed E-state index contributed by atoms with van der Waals surface area (Å²) in [5.41, 5.74) is -0.507. The van der Waals surface area contributed by atoms with Crippen LogP contribution in [0.3, 0.4) is 0 Å². The summed E-state index contributed by atoms with van der Waals surface area (Å²) in [7, 11) is -3.55. The van der Waals surface area contributed by atoms with Gasteiger partial charge in [-0.25, -0.2) is 8.42 Å². The highest BCUT2D eigenvalue weighted by Gasteiger charge is 2.59. The summed E-state index contributed by atoms with van der Waals surface area (Å²) in [6, 6.07) is 4.89. The number of hydrogen-bond donors (Lipinski definition) is 0. The van der Waals surface area contributed by atoms with Gasteiger partial charge in [-0.15, -0.1) is 0 Å². The van der Waals surface area contributed by atoms with E-state index >= 15 is 0 Å². The standard InChI is InChI=1S/C11H14N2O4S/c1-8-11(2,3)12(8)18(16,17)10-6-4-9(5-7-10)13(14)15/h4-8H,1-3H3/t8-,12?/m1/s1. The molecule has 6 nitrogen and oxygen atoms in total. The molecule has 0 N–H and O–H groups in total. The fraction of sp³-hybridized carbons (Fsp3) is 0.455. The molecule has 0 spiro atoms. The summed E-state index contributed by atoms with van der Waals surface area (Å²) in [5.74, 6) is 0. The Kier molecular flexibility index (Phi) is 2.71. The van der Waals surface area contributed by atoms with Crippen molar-refractivity contribution in [1.29, 1.82) is 0 Å². The number of sulfonamides is 1. The maximum atomic E-state index is 12.3. The van der Waals surface area contributed by atoms with E-state index in [9.17, 15) is 18.5 Å². The Labute approximate surface area is 105 Å². The van der Waals surface area contributed by atoms with Gasteiger partial charge in [-0.1, -0.05) is 0 Å². The van der Waals surface area contributed by atoms with Gasteiger partial charge in [-0.3, -0.25) is 10.1 Å². The highest BCUT2D eigenvalue weighted by Crippen LogP contribution is 2.45. The van der Waals surface area contributed by atoms with Crippen LogP contribution in [-0.2, 0) is 10.0 Å². The molecule has 1 aliphatic heterocycles. The van der Waals surface area contributed by atoms with E-state index in [1.54, 1.807) is 0 Å². The van der Waals surface area contributed by atoms with Crippen molar-refractivity contribution in [2.75, 3.05) is 0 Å². The number of nitrogens with zero attached hydrogens (tertiary/aromatic N) is 2. The zero-order valence-electron chi connectivity index (χ0n) is 10.3. The van der Waals surface area contributed by atoms with E-state index in [2.05, 4.69) is 0 Å².